The van der Waals surface area contributed by atoms with Crippen molar-refractivity contribution < 1.29 is 14.2 Å². The molecular weight excluding hydrogens is 274 g/mol. The zero-order valence-corrected chi connectivity index (χ0v) is 10.5. The molecule has 0 radical (unpaired) electrons. The number of ether oxygens (including phenoxy) is 3. The van der Waals surface area contributed by atoms with Crippen molar-refractivity contribution in [3.63, 3.8) is 0 Å². The smallest absolute Gasteiger partial charge is 0.206 e. The average Bonchev–Trinajstić information content (AvgIpc) is 2.29. The van der Waals surface area contributed by atoms with Gasteiger partial charge < -0.3 is 14.2 Å². The molecule has 6 heteroatoms. The monoisotopic (exact) mass is 282 g/mol. The first kappa shape index (κ1) is 12.0. The van der Waals surface area contributed by atoms with E-state index in [0.29, 0.717) is 53.0 Å². The molecule has 0 saturated carbocycles. The first-order valence-electron chi connectivity index (χ1n) is 4.70. The Morgan fingerprint density at radius 2 is 1.81 bits per heavy atom. The molecule has 88 valence electrons. The molecule has 0 spiro atoms. The highest BCUT2D eigenvalue weighted by molar-refractivity contribution is 6.37. The average molecular weight is 284 g/mol. The SMILES string of the molecule is ClCCOc1c(Cl)cc(Cl)c2c1OCCO2. The van der Waals surface area contributed by atoms with E-state index >= 15 is 0 Å². The highest BCUT2D eigenvalue weighted by Gasteiger charge is 2.23. The zero-order chi connectivity index (χ0) is 11.5. The van der Waals surface area contributed by atoms with Crippen molar-refractivity contribution >= 4 is 34.8 Å². The predicted octanol–water partition coefficient (Wildman–Crippen LogP) is 3.38. The minimum atomic E-state index is 0.346. The van der Waals surface area contributed by atoms with Gasteiger partial charge in [-0.05, 0) is 6.07 Å². The molecule has 0 saturated heterocycles. The highest BCUT2D eigenvalue weighted by Crippen LogP contribution is 2.48. The molecule has 1 aromatic carbocycles. The van der Waals surface area contributed by atoms with E-state index in [0.717, 1.165) is 0 Å². The molecule has 0 aromatic heterocycles. The summed E-state index contributed by atoms with van der Waals surface area (Å²) < 4.78 is 16.3. The lowest BCUT2D eigenvalue weighted by molar-refractivity contribution is 0.163. The molecule has 1 aromatic rings. The lowest BCUT2D eigenvalue weighted by atomic mass is 10.2. The molecule has 0 amide bonds. The summed E-state index contributed by atoms with van der Waals surface area (Å²) in [6.07, 6.45) is 0. The van der Waals surface area contributed by atoms with Crippen LogP contribution >= 0.6 is 34.8 Å². The summed E-state index contributed by atoms with van der Waals surface area (Å²) in [6.45, 7) is 1.25. The fourth-order valence-electron chi connectivity index (χ4n) is 1.39. The highest BCUT2D eigenvalue weighted by atomic mass is 35.5. The van der Waals surface area contributed by atoms with Gasteiger partial charge in [0.15, 0.2) is 11.5 Å². The Hall–Kier alpha value is -0.510. The number of rotatable bonds is 3. The second-order valence-corrected chi connectivity index (χ2v) is 4.25. The topological polar surface area (TPSA) is 27.7 Å². The first-order chi connectivity index (χ1) is 7.74. The van der Waals surface area contributed by atoms with Crippen LogP contribution in [0, 0.1) is 0 Å². The van der Waals surface area contributed by atoms with E-state index in [1.165, 1.54) is 0 Å². The normalized spacial score (nSPS) is 13.7. The van der Waals surface area contributed by atoms with E-state index in [1.54, 1.807) is 6.07 Å². The van der Waals surface area contributed by atoms with E-state index in [1.807, 2.05) is 0 Å². The summed E-state index contributed by atoms with van der Waals surface area (Å²) in [7, 11) is 0. The summed E-state index contributed by atoms with van der Waals surface area (Å²) in [4.78, 5) is 0. The van der Waals surface area contributed by atoms with Crippen molar-refractivity contribution in [2.75, 3.05) is 25.7 Å². The third kappa shape index (κ3) is 2.26. The Balaban J connectivity index is 2.41. The minimum Gasteiger partial charge on any atom is -0.487 e. The summed E-state index contributed by atoms with van der Waals surface area (Å²) in [5, 5.41) is 0.803. The van der Waals surface area contributed by atoms with Crippen molar-refractivity contribution in [1.82, 2.24) is 0 Å². The second-order valence-electron chi connectivity index (χ2n) is 3.06. The Morgan fingerprint density at radius 1 is 1.12 bits per heavy atom. The number of benzene rings is 1. The van der Waals surface area contributed by atoms with Crippen molar-refractivity contribution in [2.24, 2.45) is 0 Å². The Morgan fingerprint density at radius 3 is 2.50 bits per heavy atom. The fraction of sp³-hybridized carbons (Fsp3) is 0.400. The van der Waals surface area contributed by atoms with Gasteiger partial charge in [0.2, 0.25) is 5.75 Å². The third-order valence-corrected chi connectivity index (χ3v) is 2.72. The van der Waals surface area contributed by atoms with Gasteiger partial charge in [-0.1, -0.05) is 23.2 Å². The van der Waals surface area contributed by atoms with Gasteiger partial charge in [0.25, 0.3) is 0 Å². The van der Waals surface area contributed by atoms with Crippen LogP contribution < -0.4 is 14.2 Å². The van der Waals surface area contributed by atoms with Crippen LogP contribution in [0.1, 0.15) is 0 Å². The number of alkyl halides is 1. The van der Waals surface area contributed by atoms with E-state index in [2.05, 4.69) is 0 Å². The van der Waals surface area contributed by atoms with Crippen molar-refractivity contribution in [2.45, 2.75) is 0 Å². The third-order valence-electron chi connectivity index (χ3n) is 2.00. The zero-order valence-electron chi connectivity index (χ0n) is 8.26. The van der Waals surface area contributed by atoms with Crippen LogP contribution in [0.5, 0.6) is 17.2 Å². The molecule has 1 aliphatic rings. The molecular formula is C10H9Cl3O3. The number of hydrogen-bond donors (Lipinski definition) is 0. The molecule has 0 N–H and O–H groups in total. The van der Waals surface area contributed by atoms with Gasteiger partial charge in [0, 0.05) is 0 Å². The van der Waals surface area contributed by atoms with E-state index in [4.69, 9.17) is 49.0 Å². The molecule has 0 unspecified atom stereocenters. The van der Waals surface area contributed by atoms with E-state index in [9.17, 15) is 0 Å². The van der Waals surface area contributed by atoms with Crippen molar-refractivity contribution in [1.29, 1.82) is 0 Å². The number of halogens is 3. The van der Waals surface area contributed by atoms with Gasteiger partial charge in [-0.15, -0.1) is 11.6 Å². The van der Waals surface area contributed by atoms with Gasteiger partial charge in [-0.25, -0.2) is 0 Å². The lowest BCUT2D eigenvalue weighted by Crippen LogP contribution is -2.17. The summed E-state index contributed by atoms with van der Waals surface area (Å²) in [5.41, 5.74) is 0. The van der Waals surface area contributed by atoms with Gasteiger partial charge >= 0.3 is 0 Å². The maximum absolute atomic E-state index is 6.01. The lowest BCUT2D eigenvalue weighted by Gasteiger charge is -2.22. The molecule has 1 heterocycles. The van der Waals surface area contributed by atoms with Crippen LogP contribution in [0.3, 0.4) is 0 Å². The summed E-state index contributed by atoms with van der Waals surface area (Å²) in [6, 6.07) is 1.57. The molecule has 0 bridgehead atoms. The number of hydrogen-bond acceptors (Lipinski definition) is 3. The maximum atomic E-state index is 6.01. The van der Waals surface area contributed by atoms with Crippen molar-refractivity contribution in [3.05, 3.63) is 16.1 Å². The van der Waals surface area contributed by atoms with Gasteiger partial charge in [0.1, 0.15) is 19.8 Å². The summed E-state index contributed by atoms with van der Waals surface area (Å²) >= 11 is 17.5. The second kappa shape index (κ2) is 5.21. The van der Waals surface area contributed by atoms with Crippen molar-refractivity contribution in [3.8, 4) is 17.2 Å². The van der Waals surface area contributed by atoms with Gasteiger partial charge in [-0.3, -0.25) is 0 Å². The standard InChI is InChI=1S/C10H9Cl3O3/c11-1-2-14-8-6(12)5-7(13)9-10(8)16-4-3-15-9/h5H,1-4H2. The molecule has 0 atom stereocenters. The molecule has 0 fully saturated rings. The molecule has 0 aliphatic carbocycles. The van der Waals surface area contributed by atoms with E-state index < -0.39 is 0 Å². The van der Waals surface area contributed by atoms with Crippen LogP contribution in [0.2, 0.25) is 10.0 Å². The number of fused-ring (bicyclic) bond motifs is 1. The molecule has 3 nitrogen and oxygen atoms in total. The fourth-order valence-corrected chi connectivity index (χ4v) is 2.02. The van der Waals surface area contributed by atoms with Gasteiger partial charge in [-0.2, -0.15) is 0 Å². The Kier molecular flexibility index (Phi) is 3.90. The molecule has 16 heavy (non-hydrogen) atoms. The minimum absolute atomic E-state index is 0.346. The quantitative estimate of drug-likeness (QED) is 0.796. The largest absolute Gasteiger partial charge is 0.487 e. The van der Waals surface area contributed by atoms with Crippen LogP contribution in [-0.4, -0.2) is 25.7 Å². The Bertz CT molecular complexity index is 395. The van der Waals surface area contributed by atoms with E-state index in [-0.39, 0.29) is 0 Å². The van der Waals surface area contributed by atoms with Crippen LogP contribution in [0.4, 0.5) is 0 Å². The summed E-state index contributed by atoms with van der Waals surface area (Å²) in [5.74, 6) is 1.73. The van der Waals surface area contributed by atoms with Gasteiger partial charge in [0.05, 0.1) is 15.9 Å². The molecule has 1 aliphatic heterocycles. The first-order valence-corrected chi connectivity index (χ1v) is 5.99. The molecule has 2 rings (SSSR count). The van der Waals surface area contributed by atoms with Crippen LogP contribution in [0.25, 0.3) is 0 Å². The van der Waals surface area contributed by atoms with Crippen LogP contribution in [0.15, 0.2) is 6.07 Å². The Labute approximate surface area is 108 Å². The predicted molar refractivity (Wildman–Crippen MR) is 63.7 cm³/mol. The van der Waals surface area contributed by atoms with Crippen LogP contribution in [-0.2, 0) is 0 Å². The maximum Gasteiger partial charge on any atom is 0.206 e.